The van der Waals surface area contributed by atoms with E-state index in [4.69, 9.17) is 4.11 Å². The minimum atomic E-state index is -2.04. The van der Waals surface area contributed by atoms with Gasteiger partial charge in [-0.3, -0.25) is 0 Å². The van der Waals surface area contributed by atoms with Crippen LogP contribution < -0.4 is 4.57 Å². The highest BCUT2D eigenvalue weighted by Crippen LogP contribution is 2.49. The van der Waals surface area contributed by atoms with E-state index in [2.05, 4.69) is 23.9 Å². The van der Waals surface area contributed by atoms with Crippen molar-refractivity contribution >= 4 is 0 Å². The van der Waals surface area contributed by atoms with Crippen LogP contribution in [0.3, 0.4) is 0 Å². The maximum atomic E-state index is 7.57. The van der Waals surface area contributed by atoms with E-state index in [1.54, 1.807) is 12.1 Å². The molecule has 1 heterocycles. The molecule has 2 bridgehead atoms. The SMILES string of the molecule is [2H]C([2H])([2H])c1ccc(-c2cc3c(c[n+]2C)CC2CC3C2)c(C)c1. The van der Waals surface area contributed by atoms with Crippen LogP contribution in [-0.4, -0.2) is 0 Å². The number of hydrogen-bond acceptors (Lipinski definition) is 0. The molecular formula is C19H22N+. The summed E-state index contributed by atoms with van der Waals surface area (Å²) in [4.78, 5) is 0. The average molecular weight is 267 g/mol. The monoisotopic (exact) mass is 267 g/mol. The van der Waals surface area contributed by atoms with E-state index in [0.29, 0.717) is 5.56 Å². The van der Waals surface area contributed by atoms with E-state index in [-0.39, 0.29) is 0 Å². The van der Waals surface area contributed by atoms with Crippen molar-refractivity contribution in [2.75, 3.05) is 0 Å². The number of pyridine rings is 1. The van der Waals surface area contributed by atoms with Gasteiger partial charge >= 0.3 is 0 Å². The predicted molar refractivity (Wildman–Crippen MR) is 81.7 cm³/mol. The fraction of sp³-hybridized carbons (Fsp3) is 0.421. The molecule has 0 unspecified atom stereocenters. The summed E-state index contributed by atoms with van der Waals surface area (Å²) < 4.78 is 24.9. The predicted octanol–water partition coefficient (Wildman–Crippen LogP) is 3.84. The normalized spacial score (nSPS) is 26.0. The Morgan fingerprint density at radius 2 is 2.10 bits per heavy atom. The maximum absolute atomic E-state index is 7.57. The third kappa shape index (κ3) is 1.72. The number of aromatic nitrogens is 1. The molecule has 1 aromatic heterocycles. The molecule has 5 rings (SSSR count). The molecule has 1 heteroatoms. The lowest BCUT2D eigenvalue weighted by Gasteiger charge is -2.41. The van der Waals surface area contributed by atoms with Gasteiger partial charge in [0.05, 0.1) is 0 Å². The van der Waals surface area contributed by atoms with Crippen molar-refractivity contribution < 1.29 is 8.68 Å². The van der Waals surface area contributed by atoms with Crippen LogP contribution in [0, 0.1) is 19.7 Å². The van der Waals surface area contributed by atoms with E-state index >= 15 is 0 Å². The van der Waals surface area contributed by atoms with Gasteiger partial charge < -0.3 is 0 Å². The summed E-state index contributed by atoms with van der Waals surface area (Å²) in [7, 11) is 2.09. The number of benzene rings is 1. The van der Waals surface area contributed by atoms with Crippen LogP contribution in [0.15, 0.2) is 30.5 Å². The van der Waals surface area contributed by atoms with Gasteiger partial charge in [-0.1, -0.05) is 17.7 Å². The molecule has 0 spiro atoms. The molecule has 0 amide bonds. The Morgan fingerprint density at radius 1 is 1.25 bits per heavy atom. The van der Waals surface area contributed by atoms with Crippen molar-refractivity contribution in [1.82, 2.24) is 0 Å². The smallest absolute Gasteiger partial charge is 0.201 e. The fourth-order valence-electron chi connectivity index (χ4n) is 3.96. The van der Waals surface area contributed by atoms with Crippen LogP contribution >= 0.6 is 0 Å². The molecule has 1 saturated carbocycles. The van der Waals surface area contributed by atoms with Crippen LogP contribution in [0.1, 0.15) is 45.1 Å². The van der Waals surface area contributed by atoms with Crippen molar-refractivity contribution in [3.05, 3.63) is 52.7 Å². The van der Waals surface area contributed by atoms with E-state index in [0.717, 1.165) is 23.0 Å². The quantitative estimate of drug-likeness (QED) is 0.691. The minimum Gasteiger partial charge on any atom is -0.201 e. The zero-order chi connectivity index (χ0) is 16.4. The summed E-state index contributed by atoms with van der Waals surface area (Å²) >= 11 is 0. The van der Waals surface area contributed by atoms with Crippen LogP contribution in [0.5, 0.6) is 0 Å². The van der Waals surface area contributed by atoms with E-state index in [9.17, 15) is 0 Å². The van der Waals surface area contributed by atoms with E-state index in [1.165, 1.54) is 36.1 Å². The van der Waals surface area contributed by atoms with E-state index < -0.39 is 6.85 Å². The molecule has 102 valence electrons. The topological polar surface area (TPSA) is 3.88 Å². The van der Waals surface area contributed by atoms with Gasteiger partial charge in [0.1, 0.15) is 7.05 Å². The average Bonchev–Trinajstić information content (AvgIpc) is 2.44. The Labute approximate surface area is 125 Å². The molecule has 20 heavy (non-hydrogen) atoms. The standard InChI is InChI=1S/C19H22N/c1-12-4-5-17(13(2)6-12)19-10-18-15-7-14(8-15)9-16(18)11-20(19)3/h4-6,10-11,14-15H,7-9H2,1-3H3/q+1/i1D3. The lowest BCUT2D eigenvalue weighted by molar-refractivity contribution is -0.661. The maximum Gasteiger partial charge on any atom is 0.212 e. The summed E-state index contributed by atoms with van der Waals surface area (Å²) in [5, 5.41) is 0. The molecule has 1 fully saturated rings. The van der Waals surface area contributed by atoms with Crippen molar-refractivity contribution in [2.45, 2.75) is 39.0 Å². The van der Waals surface area contributed by atoms with E-state index in [1.807, 2.05) is 13.0 Å². The third-order valence-corrected chi connectivity index (χ3v) is 5.08. The second-order valence-corrected chi connectivity index (χ2v) is 6.52. The molecular weight excluding hydrogens is 242 g/mol. The van der Waals surface area contributed by atoms with Gasteiger partial charge in [-0.15, -0.1) is 0 Å². The first-order chi connectivity index (χ1) is 10.8. The minimum absolute atomic E-state index is 0.418. The van der Waals surface area contributed by atoms with Gasteiger partial charge in [-0.05, 0) is 62.1 Å². The second kappa shape index (κ2) is 4.18. The Balaban J connectivity index is 1.80. The molecule has 0 radical (unpaired) electrons. The van der Waals surface area contributed by atoms with Crippen molar-refractivity contribution in [3.63, 3.8) is 0 Å². The number of nitrogens with zero attached hydrogens (tertiary/aromatic N) is 1. The summed E-state index contributed by atoms with van der Waals surface area (Å²) in [6.45, 7) is -0.0360. The lowest BCUT2D eigenvalue weighted by Crippen LogP contribution is -2.37. The second-order valence-electron chi connectivity index (χ2n) is 6.52. The molecule has 0 N–H and O–H groups in total. The van der Waals surface area contributed by atoms with Gasteiger partial charge in [-0.2, -0.15) is 0 Å². The molecule has 2 aromatic rings. The molecule has 3 aliphatic rings. The fourth-order valence-corrected chi connectivity index (χ4v) is 3.96. The zero-order valence-corrected chi connectivity index (χ0v) is 12.1. The number of aryl methyl sites for hydroxylation is 3. The summed E-state index contributed by atoms with van der Waals surface area (Å²) in [5.41, 5.74) is 6.77. The number of rotatable bonds is 1. The Kier molecular flexibility index (Phi) is 1.95. The first-order valence-electron chi connectivity index (χ1n) is 8.97. The van der Waals surface area contributed by atoms with Gasteiger partial charge in [0, 0.05) is 21.3 Å². The van der Waals surface area contributed by atoms with Crippen molar-refractivity contribution in [3.8, 4) is 11.3 Å². The Morgan fingerprint density at radius 3 is 2.85 bits per heavy atom. The third-order valence-electron chi connectivity index (χ3n) is 5.08. The molecule has 0 saturated heterocycles. The van der Waals surface area contributed by atoms with Gasteiger partial charge in [0.2, 0.25) is 5.69 Å². The van der Waals surface area contributed by atoms with Gasteiger partial charge in [-0.25, -0.2) is 4.57 Å². The summed E-state index contributed by atoms with van der Waals surface area (Å²) in [6.07, 6.45) is 6.19. The molecule has 0 aliphatic heterocycles. The molecule has 1 aromatic carbocycles. The highest BCUT2D eigenvalue weighted by Gasteiger charge is 2.38. The van der Waals surface area contributed by atoms with Crippen molar-refractivity contribution in [1.29, 1.82) is 0 Å². The molecule has 0 atom stereocenters. The Bertz CT molecular complexity index is 786. The van der Waals surface area contributed by atoms with Crippen LogP contribution in [0.2, 0.25) is 0 Å². The van der Waals surface area contributed by atoms with Crippen LogP contribution in [0.25, 0.3) is 11.3 Å². The van der Waals surface area contributed by atoms with Crippen LogP contribution in [-0.2, 0) is 13.5 Å². The highest BCUT2D eigenvalue weighted by atomic mass is 14.9. The molecule has 1 nitrogen and oxygen atoms in total. The largest absolute Gasteiger partial charge is 0.212 e. The van der Waals surface area contributed by atoms with Gasteiger partial charge in [0.25, 0.3) is 0 Å². The number of hydrogen-bond donors (Lipinski definition) is 0. The first-order valence-corrected chi connectivity index (χ1v) is 7.47. The van der Waals surface area contributed by atoms with Crippen LogP contribution in [0.4, 0.5) is 0 Å². The highest BCUT2D eigenvalue weighted by molar-refractivity contribution is 5.63. The lowest BCUT2D eigenvalue weighted by atomic mass is 9.63. The summed E-state index contributed by atoms with van der Waals surface area (Å²) in [6, 6.07) is 7.85. The van der Waals surface area contributed by atoms with Crippen molar-refractivity contribution in [2.24, 2.45) is 13.0 Å². The summed E-state index contributed by atoms with van der Waals surface area (Å²) in [5.74, 6) is 1.64. The first kappa shape index (κ1) is 9.33. The van der Waals surface area contributed by atoms with Gasteiger partial charge in [0.15, 0.2) is 6.20 Å². The zero-order valence-electron chi connectivity index (χ0n) is 15.1. The molecule has 3 aliphatic carbocycles. The Hall–Kier alpha value is -1.63.